The third-order valence-corrected chi connectivity index (χ3v) is 8.98. The van der Waals surface area contributed by atoms with Crippen LogP contribution in [0.25, 0.3) is 0 Å². The van der Waals surface area contributed by atoms with Crippen LogP contribution in [-0.2, 0) is 26.2 Å². The zero-order valence-corrected chi connectivity index (χ0v) is 26.1. The van der Waals surface area contributed by atoms with Gasteiger partial charge >= 0.3 is 0 Å². The van der Waals surface area contributed by atoms with Crippen molar-refractivity contribution in [2.45, 2.75) is 57.1 Å². The summed E-state index contributed by atoms with van der Waals surface area (Å²) in [5.41, 5.74) is 1.01. The average molecular weight is 616 g/mol. The highest BCUT2D eigenvalue weighted by molar-refractivity contribution is 7.92. The molecule has 9 nitrogen and oxygen atoms in total. The van der Waals surface area contributed by atoms with Crippen LogP contribution in [0.15, 0.2) is 77.7 Å². The molecule has 0 aliphatic heterocycles. The van der Waals surface area contributed by atoms with E-state index < -0.39 is 28.5 Å². The standard InChI is InChI=1S/C31H38ClN3O6S/c1-6-22(3)33-31(37)29(7-2)34(20-23-8-14-26(40-4)15-9-23)30(36)21-35(25-12-10-24(32)11-13-25)42(38,39)28-18-16-27(41-5)17-19-28/h8-19,22,29H,6-7,20-21H2,1-5H3,(H,33,37)/t22-,29-/m0/s1. The molecule has 0 aromatic heterocycles. The van der Waals surface area contributed by atoms with Gasteiger partial charge in [-0.05, 0) is 86.0 Å². The van der Waals surface area contributed by atoms with Gasteiger partial charge in [0, 0.05) is 17.6 Å². The topological polar surface area (TPSA) is 105 Å². The van der Waals surface area contributed by atoms with Gasteiger partial charge in [0.2, 0.25) is 11.8 Å². The normalized spacial score (nSPS) is 12.6. The van der Waals surface area contributed by atoms with Crippen molar-refractivity contribution in [3.05, 3.63) is 83.4 Å². The van der Waals surface area contributed by atoms with Gasteiger partial charge in [0.1, 0.15) is 24.1 Å². The third kappa shape index (κ3) is 8.17. The quantitative estimate of drug-likeness (QED) is 0.265. The minimum atomic E-state index is -4.21. The van der Waals surface area contributed by atoms with Crippen molar-refractivity contribution < 1.29 is 27.5 Å². The number of benzene rings is 3. The molecule has 0 aliphatic rings. The lowest BCUT2D eigenvalue weighted by Crippen LogP contribution is -2.53. The van der Waals surface area contributed by atoms with E-state index in [4.69, 9.17) is 21.1 Å². The van der Waals surface area contributed by atoms with Crippen molar-refractivity contribution in [2.75, 3.05) is 25.1 Å². The second-order valence-corrected chi connectivity index (χ2v) is 12.1. The Kier molecular flexibility index (Phi) is 11.6. The molecule has 42 heavy (non-hydrogen) atoms. The zero-order chi connectivity index (χ0) is 30.9. The summed E-state index contributed by atoms with van der Waals surface area (Å²) in [5.74, 6) is 0.304. The minimum Gasteiger partial charge on any atom is -0.497 e. The Morgan fingerprint density at radius 2 is 1.40 bits per heavy atom. The maximum absolute atomic E-state index is 14.1. The van der Waals surface area contributed by atoms with Crippen LogP contribution in [0.5, 0.6) is 11.5 Å². The van der Waals surface area contributed by atoms with Gasteiger partial charge in [-0.1, -0.05) is 37.6 Å². The van der Waals surface area contributed by atoms with Crippen molar-refractivity contribution in [1.82, 2.24) is 10.2 Å². The molecule has 0 saturated heterocycles. The van der Waals surface area contributed by atoms with Crippen LogP contribution in [0, 0.1) is 0 Å². The molecule has 0 saturated carbocycles. The Bertz CT molecular complexity index is 1430. The monoisotopic (exact) mass is 615 g/mol. The van der Waals surface area contributed by atoms with Crippen LogP contribution >= 0.6 is 11.6 Å². The maximum Gasteiger partial charge on any atom is 0.264 e. The number of hydrogen-bond acceptors (Lipinski definition) is 6. The van der Waals surface area contributed by atoms with E-state index in [0.29, 0.717) is 22.9 Å². The molecule has 3 aromatic rings. The highest BCUT2D eigenvalue weighted by Crippen LogP contribution is 2.27. The molecule has 226 valence electrons. The van der Waals surface area contributed by atoms with E-state index in [2.05, 4.69) is 5.32 Å². The largest absolute Gasteiger partial charge is 0.497 e. The Balaban J connectivity index is 2.05. The van der Waals surface area contributed by atoms with Crippen molar-refractivity contribution in [3.8, 4) is 11.5 Å². The molecule has 0 bridgehead atoms. The molecular weight excluding hydrogens is 578 g/mol. The summed E-state index contributed by atoms with van der Waals surface area (Å²) in [5, 5.41) is 3.38. The number of halogens is 1. The number of carbonyl (C=O) groups excluding carboxylic acids is 2. The molecule has 3 rings (SSSR count). The highest BCUT2D eigenvalue weighted by atomic mass is 35.5. The molecule has 1 N–H and O–H groups in total. The van der Waals surface area contributed by atoms with E-state index in [1.165, 1.54) is 48.4 Å². The predicted octanol–water partition coefficient (Wildman–Crippen LogP) is 5.27. The molecule has 0 aliphatic carbocycles. The molecule has 11 heteroatoms. The Labute approximate surface area is 253 Å². The Morgan fingerprint density at radius 1 is 0.857 bits per heavy atom. The molecule has 0 fully saturated rings. The lowest BCUT2D eigenvalue weighted by Gasteiger charge is -2.33. The summed E-state index contributed by atoms with van der Waals surface area (Å²) in [6, 6.07) is 18.4. The first kappa shape index (κ1) is 32.8. The molecule has 0 unspecified atom stereocenters. The smallest absolute Gasteiger partial charge is 0.264 e. The summed E-state index contributed by atoms with van der Waals surface area (Å²) in [6.07, 6.45) is 1.05. The van der Waals surface area contributed by atoms with Gasteiger partial charge in [0.15, 0.2) is 0 Å². The van der Waals surface area contributed by atoms with Crippen LogP contribution < -0.4 is 19.1 Å². The van der Waals surface area contributed by atoms with Crippen molar-refractivity contribution in [3.63, 3.8) is 0 Å². The SMILES string of the molecule is CC[C@H](C)NC(=O)[C@H](CC)N(Cc1ccc(OC)cc1)C(=O)CN(c1ccc(Cl)cc1)S(=O)(=O)c1ccc(OC)cc1. The van der Waals surface area contributed by atoms with Crippen LogP contribution in [0.4, 0.5) is 5.69 Å². The molecule has 0 spiro atoms. The summed E-state index contributed by atoms with van der Waals surface area (Å²) >= 11 is 6.09. The minimum absolute atomic E-state index is 0.0192. The Hall–Kier alpha value is -3.76. The van der Waals surface area contributed by atoms with Gasteiger partial charge < -0.3 is 19.7 Å². The van der Waals surface area contributed by atoms with Gasteiger partial charge in [-0.15, -0.1) is 0 Å². The first-order chi connectivity index (χ1) is 20.0. The number of methoxy groups -OCH3 is 2. The number of nitrogens with one attached hydrogen (secondary N) is 1. The van der Waals surface area contributed by atoms with E-state index in [9.17, 15) is 18.0 Å². The number of hydrogen-bond donors (Lipinski definition) is 1. The highest BCUT2D eigenvalue weighted by Gasteiger charge is 2.34. The summed E-state index contributed by atoms with van der Waals surface area (Å²) in [6.45, 7) is 5.22. The number of sulfonamides is 1. The number of nitrogens with zero attached hydrogens (tertiary/aromatic N) is 2. The second-order valence-electron chi connectivity index (χ2n) is 9.78. The average Bonchev–Trinajstić information content (AvgIpc) is 3.00. The Morgan fingerprint density at radius 3 is 1.90 bits per heavy atom. The number of anilines is 1. The van der Waals surface area contributed by atoms with E-state index in [1.54, 1.807) is 31.4 Å². The van der Waals surface area contributed by atoms with Crippen LogP contribution in [0.1, 0.15) is 39.2 Å². The maximum atomic E-state index is 14.1. The van der Waals surface area contributed by atoms with E-state index in [1.807, 2.05) is 32.9 Å². The molecular formula is C31H38ClN3O6S. The summed E-state index contributed by atoms with van der Waals surface area (Å²) in [4.78, 5) is 28.9. The molecule has 0 radical (unpaired) electrons. The zero-order valence-electron chi connectivity index (χ0n) is 24.5. The molecule has 2 amide bonds. The van der Waals surface area contributed by atoms with Crippen molar-refractivity contribution in [2.24, 2.45) is 0 Å². The molecule has 2 atom stereocenters. The van der Waals surface area contributed by atoms with E-state index in [-0.39, 0.29) is 29.1 Å². The lowest BCUT2D eigenvalue weighted by molar-refractivity contribution is -0.140. The van der Waals surface area contributed by atoms with E-state index in [0.717, 1.165) is 16.3 Å². The number of ether oxygens (including phenoxy) is 2. The molecule has 3 aromatic carbocycles. The van der Waals surface area contributed by atoms with E-state index >= 15 is 0 Å². The first-order valence-corrected chi connectivity index (χ1v) is 15.5. The second kappa shape index (κ2) is 14.9. The fourth-order valence-electron chi connectivity index (χ4n) is 4.30. The van der Waals surface area contributed by atoms with Crippen molar-refractivity contribution in [1.29, 1.82) is 0 Å². The number of carbonyl (C=O) groups is 2. The van der Waals surface area contributed by atoms with Crippen molar-refractivity contribution >= 4 is 39.1 Å². The first-order valence-electron chi connectivity index (χ1n) is 13.7. The fraction of sp³-hybridized carbons (Fsp3) is 0.355. The third-order valence-electron chi connectivity index (χ3n) is 6.94. The fourth-order valence-corrected chi connectivity index (χ4v) is 5.84. The van der Waals surface area contributed by atoms with Gasteiger partial charge in [-0.3, -0.25) is 13.9 Å². The van der Waals surface area contributed by atoms with Crippen LogP contribution in [-0.4, -0.2) is 58.0 Å². The van der Waals surface area contributed by atoms with Crippen LogP contribution in [0.3, 0.4) is 0 Å². The summed E-state index contributed by atoms with van der Waals surface area (Å²) in [7, 11) is -1.16. The van der Waals surface area contributed by atoms with Gasteiger partial charge in [-0.2, -0.15) is 0 Å². The molecule has 0 heterocycles. The summed E-state index contributed by atoms with van der Waals surface area (Å²) < 4.78 is 39.4. The number of amides is 2. The predicted molar refractivity (Wildman–Crippen MR) is 164 cm³/mol. The number of rotatable bonds is 14. The van der Waals surface area contributed by atoms with Gasteiger partial charge in [0.25, 0.3) is 10.0 Å². The van der Waals surface area contributed by atoms with Crippen LogP contribution in [0.2, 0.25) is 5.02 Å². The lowest BCUT2D eigenvalue weighted by atomic mass is 10.1. The van der Waals surface area contributed by atoms with Gasteiger partial charge in [-0.25, -0.2) is 8.42 Å². The van der Waals surface area contributed by atoms with Gasteiger partial charge in [0.05, 0.1) is 24.8 Å².